The quantitative estimate of drug-likeness (QED) is 0.711. The normalized spacial score (nSPS) is 34.5. The maximum Gasteiger partial charge on any atom is 0.0124 e. The standard InChI is InChI=1S/C14H19N/c1-11(2)15-9-13-8-14(13,10-15)12-6-4-3-5-7-12/h3-7,11,13H,8-10H2,1-2H3. The zero-order valence-electron chi connectivity index (χ0n) is 9.61. The molecular weight excluding hydrogens is 182 g/mol. The smallest absolute Gasteiger partial charge is 0.0124 e. The Morgan fingerprint density at radius 1 is 1.27 bits per heavy atom. The van der Waals surface area contributed by atoms with Gasteiger partial charge in [0.2, 0.25) is 0 Å². The first kappa shape index (κ1) is 9.41. The fraction of sp³-hybridized carbons (Fsp3) is 0.571. The highest BCUT2D eigenvalue weighted by Gasteiger charge is 2.60. The van der Waals surface area contributed by atoms with Gasteiger partial charge in [0.25, 0.3) is 0 Å². The first-order chi connectivity index (χ1) is 7.22. The van der Waals surface area contributed by atoms with Gasteiger partial charge in [-0.3, -0.25) is 4.90 Å². The van der Waals surface area contributed by atoms with Crippen LogP contribution in [0.25, 0.3) is 0 Å². The lowest BCUT2D eigenvalue weighted by atomic mass is 9.95. The van der Waals surface area contributed by atoms with Gasteiger partial charge >= 0.3 is 0 Å². The molecule has 1 heteroatoms. The third-order valence-electron chi connectivity index (χ3n) is 4.25. The summed E-state index contributed by atoms with van der Waals surface area (Å²) in [4.78, 5) is 2.63. The van der Waals surface area contributed by atoms with E-state index in [4.69, 9.17) is 0 Å². The lowest BCUT2D eigenvalue weighted by molar-refractivity contribution is 0.243. The van der Waals surface area contributed by atoms with E-state index in [2.05, 4.69) is 49.1 Å². The molecule has 0 N–H and O–H groups in total. The summed E-state index contributed by atoms with van der Waals surface area (Å²) < 4.78 is 0. The van der Waals surface area contributed by atoms with Crippen LogP contribution in [-0.2, 0) is 5.41 Å². The average Bonchev–Trinajstić information content (AvgIpc) is 2.83. The predicted molar refractivity (Wildman–Crippen MR) is 62.9 cm³/mol. The van der Waals surface area contributed by atoms with E-state index in [-0.39, 0.29) is 0 Å². The molecule has 1 saturated heterocycles. The molecule has 0 amide bonds. The number of benzene rings is 1. The maximum atomic E-state index is 2.63. The molecule has 2 fully saturated rings. The fourth-order valence-corrected chi connectivity index (χ4v) is 3.13. The van der Waals surface area contributed by atoms with Crippen molar-refractivity contribution in [1.29, 1.82) is 0 Å². The molecule has 3 rings (SSSR count). The largest absolute Gasteiger partial charge is 0.300 e. The van der Waals surface area contributed by atoms with Gasteiger partial charge in [-0.1, -0.05) is 30.3 Å². The Kier molecular flexibility index (Phi) is 1.93. The zero-order valence-corrected chi connectivity index (χ0v) is 9.61. The molecule has 1 aliphatic carbocycles. The summed E-state index contributed by atoms with van der Waals surface area (Å²) >= 11 is 0. The maximum absolute atomic E-state index is 2.63. The van der Waals surface area contributed by atoms with E-state index in [1.807, 2.05) is 0 Å². The van der Waals surface area contributed by atoms with Crippen LogP contribution in [0.15, 0.2) is 30.3 Å². The minimum Gasteiger partial charge on any atom is -0.300 e. The van der Waals surface area contributed by atoms with Crippen molar-refractivity contribution in [3.05, 3.63) is 35.9 Å². The molecule has 2 aliphatic rings. The van der Waals surface area contributed by atoms with Gasteiger partial charge in [0.05, 0.1) is 0 Å². The molecule has 1 aromatic rings. The van der Waals surface area contributed by atoms with E-state index in [9.17, 15) is 0 Å². The van der Waals surface area contributed by atoms with E-state index >= 15 is 0 Å². The Morgan fingerprint density at radius 2 is 2.00 bits per heavy atom. The van der Waals surface area contributed by atoms with Crippen molar-refractivity contribution in [3.63, 3.8) is 0 Å². The molecule has 15 heavy (non-hydrogen) atoms. The van der Waals surface area contributed by atoms with E-state index in [1.54, 1.807) is 5.56 Å². The van der Waals surface area contributed by atoms with Crippen LogP contribution in [-0.4, -0.2) is 24.0 Å². The Morgan fingerprint density at radius 3 is 2.60 bits per heavy atom. The number of hydrogen-bond donors (Lipinski definition) is 0. The summed E-state index contributed by atoms with van der Waals surface area (Å²) in [5, 5.41) is 0. The number of hydrogen-bond acceptors (Lipinski definition) is 1. The highest BCUT2D eigenvalue weighted by atomic mass is 15.2. The van der Waals surface area contributed by atoms with Gasteiger partial charge in [0.15, 0.2) is 0 Å². The number of piperidine rings is 1. The number of fused-ring (bicyclic) bond motifs is 1. The van der Waals surface area contributed by atoms with Gasteiger partial charge in [-0.2, -0.15) is 0 Å². The third kappa shape index (κ3) is 1.33. The minimum atomic E-state index is 0.533. The lowest BCUT2D eigenvalue weighted by Gasteiger charge is -2.24. The predicted octanol–water partition coefficient (Wildman–Crippen LogP) is 2.67. The Bertz CT molecular complexity index is 357. The monoisotopic (exact) mass is 201 g/mol. The molecule has 0 aromatic heterocycles. The second kappa shape index (κ2) is 3.08. The van der Waals surface area contributed by atoms with E-state index < -0.39 is 0 Å². The molecule has 0 bridgehead atoms. The highest BCUT2D eigenvalue weighted by molar-refractivity contribution is 5.36. The summed E-state index contributed by atoms with van der Waals surface area (Å²) in [7, 11) is 0. The molecule has 0 spiro atoms. The van der Waals surface area contributed by atoms with Gasteiger partial charge in [-0.15, -0.1) is 0 Å². The number of rotatable bonds is 2. The zero-order chi connectivity index (χ0) is 10.5. The number of nitrogens with zero attached hydrogens (tertiary/aromatic N) is 1. The summed E-state index contributed by atoms with van der Waals surface area (Å²) in [6, 6.07) is 11.8. The molecular formula is C14H19N. The summed E-state index contributed by atoms with van der Waals surface area (Å²) in [6.07, 6.45) is 1.42. The molecule has 0 radical (unpaired) electrons. The van der Waals surface area contributed by atoms with Crippen LogP contribution in [0.3, 0.4) is 0 Å². The van der Waals surface area contributed by atoms with Crippen molar-refractivity contribution in [2.75, 3.05) is 13.1 Å². The summed E-state index contributed by atoms with van der Waals surface area (Å²) in [5.41, 5.74) is 2.10. The van der Waals surface area contributed by atoms with Crippen LogP contribution in [0.4, 0.5) is 0 Å². The van der Waals surface area contributed by atoms with E-state index in [0.29, 0.717) is 11.5 Å². The van der Waals surface area contributed by atoms with E-state index in [1.165, 1.54) is 19.5 Å². The Labute approximate surface area is 92.1 Å². The average molecular weight is 201 g/mol. The highest BCUT2D eigenvalue weighted by Crippen LogP contribution is 2.59. The topological polar surface area (TPSA) is 3.24 Å². The molecule has 1 saturated carbocycles. The Balaban J connectivity index is 1.85. The minimum absolute atomic E-state index is 0.533. The second-order valence-electron chi connectivity index (χ2n) is 5.45. The van der Waals surface area contributed by atoms with Crippen LogP contribution < -0.4 is 0 Å². The van der Waals surface area contributed by atoms with Crippen molar-refractivity contribution in [1.82, 2.24) is 4.90 Å². The lowest BCUT2D eigenvalue weighted by Crippen LogP contribution is -2.32. The van der Waals surface area contributed by atoms with Crippen molar-refractivity contribution in [2.45, 2.75) is 31.7 Å². The second-order valence-corrected chi connectivity index (χ2v) is 5.45. The molecule has 1 aromatic carbocycles. The van der Waals surface area contributed by atoms with Gasteiger partial charge in [0.1, 0.15) is 0 Å². The summed E-state index contributed by atoms with van der Waals surface area (Å²) in [5.74, 6) is 0.933. The van der Waals surface area contributed by atoms with Crippen LogP contribution in [0.1, 0.15) is 25.8 Å². The van der Waals surface area contributed by atoms with Crippen LogP contribution in [0.2, 0.25) is 0 Å². The van der Waals surface area contributed by atoms with Gasteiger partial charge in [0, 0.05) is 24.5 Å². The first-order valence-corrected chi connectivity index (χ1v) is 6.02. The molecule has 2 atom stereocenters. The fourth-order valence-electron chi connectivity index (χ4n) is 3.13. The van der Waals surface area contributed by atoms with Gasteiger partial charge in [-0.25, -0.2) is 0 Å². The van der Waals surface area contributed by atoms with Gasteiger partial charge in [-0.05, 0) is 31.7 Å². The molecule has 1 nitrogen and oxygen atoms in total. The molecule has 1 heterocycles. The van der Waals surface area contributed by atoms with Crippen molar-refractivity contribution < 1.29 is 0 Å². The van der Waals surface area contributed by atoms with E-state index in [0.717, 1.165) is 5.92 Å². The van der Waals surface area contributed by atoms with Crippen LogP contribution in [0.5, 0.6) is 0 Å². The summed E-state index contributed by atoms with van der Waals surface area (Å²) in [6.45, 7) is 7.21. The molecule has 80 valence electrons. The van der Waals surface area contributed by atoms with Gasteiger partial charge < -0.3 is 0 Å². The SMILES string of the molecule is CC(C)N1CC2CC2(c2ccccc2)C1. The van der Waals surface area contributed by atoms with Crippen LogP contribution >= 0.6 is 0 Å². The molecule has 1 aliphatic heterocycles. The molecule has 2 unspecified atom stereocenters. The number of likely N-dealkylation sites (tertiary alicyclic amines) is 1. The van der Waals surface area contributed by atoms with Crippen molar-refractivity contribution in [3.8, 4) is 0 Å². The van der Waals surface area contributed by atoms with Crippen LogP contribution in [0, 0.1) is 5.92 Å². The Hall–Kier alpha value is -0.820. The first-order valence-electron chi connectivity index (χ1n) is 6.02. The third-order valence-corrected chi connectivity index (χ3v) is 4.25. The van der Waals surface area contributed by atoms with Crippen molar-refractivity contribution >= 4 is 0 Å². The van der Waals surface area contributed by atoms with Crippen molar-refractivity contribution in [2.24, 2.45) is 5.92 Å².